The highest BCUT2D eigenvalue weighted by Crippen LogP contribution is 2.41. The topological polar surface area (TPSA) is 67.3 Å². The van der Waals surface area contributed by atoms with Crippen LogP contribution >= 0.6 is 11.3 Å². The summed E-state index contributed by atoms with van der Waals surface area (Å²) in [4.78, 5) is 18.7. The number of amides is 1. The van der Waals surface area contributed by atoms with Gasteiger partial charge >= 0.3 is 0 Å². The van der Waals surface area contributed by atoms with Gasteiger partial charge in [0.1, 0.15) is 0 Å². The van der Waals surface area contributed by atoms with Crippen molar-refractivity contribution < 1.29 is 13.2 Å². The Labute approximate surface area is 151 Å². The van der Waals surface area contributed by atoms with E-state index in [1.807, 2.05) is 5.38 Å². The minimum absolute atomic E-state index is 0.226. The molecule has 132 valence electrons. The molecular weight excluding hydrogens is 356 g/mol. The summed E-state index contributed by atoms with van der Waals surface area (Å²) < 4.78 is 24.0. The third kappa shape index (κ3) is 3.99. The van der Waals surface area contributed by atoms with Crippen LogP contribution < -0.4 is 4.90 Å². The Kier molecular flexibility index (Phi) is 4.79. The van der Waals surface area contributed by atoms with E-state index in [0.29, 0.717) is 23.7 Å². The molecule has 0 radical (unpaired) electrons. The number of carbonyl (C=O) groups is 1. The van der Waals surface area contributed by atoms with Gasteiger partial charge in [-0.25, -0.2) is 13.4 Å². The summed E-state index contributed by atoms with van der Waals surface area (Å²) in [6.07, 6.45) is 4.76. The molecule has 1 aromatic heterocycles. The Morgan fingerprint density at radius 1 is 1.44 bits per heavy atom. The van der Waals surface area contributed by atoms with Gasteiger partial charge in [-0.05, 0) is 43.5 Å². The molecule has 0 unspecified atom stereocenters. The number of aryl methyl sites for hydroxylation is 1. The molecule has 0 saturated heterocycles. The number of rotatable bonds is 6. The van der Waals surface area contributed by atoms with Crippen LogP contribution in [0.3, 0.4) is 0 Å². The quantitative estimate of drug-likeness (QED) is 0.724. The first-order valence-corrected chi connectivity index (χ1v) is 10.8. The van der Waals surface area contributed by atoms with E-state index in [-0.39, 0.29) is 10.8 Å². The van der Waals surface area contributed by atoms with E-state index in [2.05, 4.69) is 11.6 Å². The fourth-order valence-electron chi connectivity index (χ4n) is 2.64. The number of hydrogen-bond acceptors (Lipinski definition) is 5. The van der Waals surface area contributed by atoms with Gasteiger partial charge in [0, 0.05) is 23.2 Å². The van der Waals surface area contributed by atoms with Crippen molar-refractivity contribution in [3.05, 3.63) is 52.5 Å². The van der Waals surface area contributed by atoms with Crippen molar-refractivity contribution >= 4 is 32.8 Å². The van der Waals surface area contributed by atoms with Gasteiger partial charge in [-0.15, -0.1) is 11.3 Å². The number of sulfone groups is 1. The van der Waals surface area contributed by atoms with E-state index >= 15 is 0 Å². The highest BCUT2D eigenvalue weighted by molar-refractivity contribution is 7.90. The van der Waals surface area contributed by atoms with Crippen LogP contribution in [0, 0.1) is 6.92 Å². The second kappa shape index (κ2) is 6.72. The van der Waals surface area contributed by atoms with Crippen molar-refractivity contribution in [1.29, 1.82) is 0 Å². The van der Waals surface area contributed by atoms with Gasteiger partial charge in [0.2, 0.25) is 0 Å². The average Bonchev–Trinajstić information content (AvgIpc) is 3.31. The molecule has 0 atom stereocenters. The molecule has 1 amide bonds. The molecule has 1 aromatic carbocycles. The molecule has 1 aliphatic carbocycles. The van der Waals surface area contributed by atoms with Crippen LogP contribution in [0.2, 0.25) is 0 Å². The number of aromatic nitrogens is 1. The van der Waals surface area contributed by atoms with Crippen molar-refractivity contribution in [1.82, 2.24) is 4.98 Å². The van der Waals surface area contributed by atoms with E-state index in [1.54, 1.807) is 36.5 Å². The molecule has 1 fully saturated rings. The van der Waals surface area contributed by atoms with E-state index in [0.717, 1.165) is 10.7 Å². The highest BCUT2D eigenvalue weighted by Gasteiger charge is 2.27. The third-order valence-corrected chi connectivity index (χ3v) is 6.43. The maximum absolute atomic E-state index is 12.3. The predicted octanol–water partition coefficient (Wildman–Crippen LogP) is 3.45. The van der Waals surface area contributed by atoms with Gasteiger partial charge in [0.05, 0.1) is 22.1 Å². The van der Waals surface area contributed by atoms with Crippen LogP contribution in [-0.4, -0.2) is 25.6 Å². The zero-order valence-corrected chi connectivity index (χ0v) is 15.9. The Bertz CT molecular complexity index is 928. The van der Waals surface area contributed by atoms with Crippen molar-refractivity contribution in [3.63, 3.8) is 0 Å². The molecule has 5 nitrogen and oxygen atoms in total. The van der Waals surface area contributed by atoms with Crippen LogP contribution in [0.15, 0.2) is 41.1 Å². The second-order valence-electron chi connectivity index (χ2n) is 6.30. The van der Waals surface area contributed by atoms with Crippen LogP contribution in [0.4, 0.5) is 5.69 Å². The summed E-state index contributed by atoms with van der Waals surface area (Å²) in [6.45, 7) is 5.58. The standard InChI is InChI=1S/C18H20N2O3S2/c1-4-17(21)20(10-14-11-24-18(19-14)13-6-7-13)15-8-5-12(2)16(9-15)25(3,22)23/h4-5,8-9,11,13H,1,6-7,10H2,2-3H3. The van der Waals surface area contributed by atoms with Crippen molar-refractivity contribution in [2.24, 2.45) is 0 Å². The second-order valence-corrected chi connectivity index (χ2v) is 9.18. The molecule has 1 heterocycles. The lowest BCUT2D eigenvalue weighted by atomic mass is 10.2. The summed E-state index contributed by atoms with van der Waals surface area (Å²) in [5, 5.41) is 3.07. The van der Waals surface area contributed by atoms with E-state index in [9.17, 15) is 13.2 Å². The summed E-state index contributed by atoms with van der Waals surface area (Å²) in [5.74, 6) is 0.280. The Hall–Kier alpha value is -1.99. The Morgan fingerprint density at radius 2 is 2.16 bits per heavy atom. The fourth-order valence-corrected chi connectivity index (χ4v) is 4.61. The number of thiazole rings is 1. The van der Waals surface area contributed by atoms with Gasteiger partial charge in [-0.2, -0.15) is 0 Å². The predicted molar refractivity (Wildman–Crippen MR) is 99.8 cm³/mol. The van der Waals surface area contributed by atoms with E-state index < -0.39 is 9.84 Å². The summed E-state index contributed by atoms with van der Waals surface area (Å²) in [6, 6.07) is 5.01. The molecule has 0 spiro atoms. The molecule has 0 aliphatic heterocycles. The Balaban J connectivity index is 1.95. The van der Waals surface area contributed by atoms with Gasteiger partial charge in [0.25, 0.3) is 5.91 Å². The van der Waals surface area contributed by atoms with Crippen molar-refractivity contribution in [2.75, 3.05) is 11.2 Å². The van der Waals surface area contributed by atoms with Crippen molar-refractivity contribution in [3.8, 4) is 0 Å². The van der Waals surface area contributed by atoms with Gasteiger partial charge in [-0.3, -0.25) is 4.79 Å². The zero-order chi connectivity index (χ0) is 18.2. The number of hydrogen-bond donors (Lipinski definition) is 0. The maximum atomic E-state index is 12.3. The highest BCUT2D eigenvalue weighted by atomic mass is 32.2. The molecule has 2 aromatic rings. The van der Waals surface area contributed by atoms with Crippen LogP contribution in [-0.2, 0) is 21.2 Å². The minimum Gasteiger partial charge on any atom is -0.303 e. The lowest BCUT2D eigenvalue weighted by Gasteiger charge is -2.21. The Morgan fingerprint density at radius 3 is 2.76 bits per heavy atom. The zero-order valence-electron chi connectivity index (χ0n) is 14.2. The molecule has 3 rings (SSSR count). The lowest BCUT2D eigenvalue weighted by molar-refractivity contribution is -0.114. The first kappa shape index (κ1) is 17.8. The minimum atomic E-state index is -3.37. The first-order chi connectivity index (χ1) is 11.8. The normalized spacial score (nSPS) is 14.3. The molecule has 7 heteroatoms. The van der Waals surface area contributed by atoms with Crippen LogP contribution in [0.25, 0.3) is 0 Å². The summed E-state index contributed by atoms with van der Waals surface area (Å²) in [5.41, 5.74) is 1.99. The smallest absolute Gasteiger partial charge is 0.250 e. The molecule has 25 heavy (non-hydrogen) atoms. The molecule has 1 aliphatic rings. The average molecular weight is 377 g/mol. The summed E-state index contributed by atoms with van der Waals surface area (Å²) >= 11 is 1.62. The largest absolute Gasteiger partial charge is 0.303 e. The van der Waals surface area contributed by atoms with Crippen LogP contribution in [0.5, 0.6) is 0 Å². The number of anilines is 1. The molecule has 1 saturated carbocycles. The summed E-state index contributed by atoms with van der Waals surface area (Å²) in [7, 11) is -3.37. The number of nitrogens with zero attached hydrogens (tertiary/aromatic N) is 2. The van der Waals surface area contributed by atoms with Crippen molar-refractivity contribution in [2.45, 2.75) is 37.1 Å². The lowest BCUT2D eigenvalue weighted by Crippen LogP contribution is -2.29. The van der Waals surface area contributed by atoms with Gasteiger partial charge in [-0.1, -0.05) is 12.6 Å². The van der Waals surface area contributed by atoms with E-state index in [4.69, 9.17) is 0 Å². The van der Waals surface area contributed by atoms with Crippen LogP contribution in [0.1, 0.15) is 35.0 Å². The molecule has 0 N–H and O–H groups in total. The SMILES string of the molecule is C=CC(=O)N(Cc1csc(C2CC2)n1)c1ccc(C)c(S(C)(=O)=O)c1. The first-order valence-electron chi connectivity index (χ1n) is 7.98. The number of benzene rings is 1. The molecular formula is C18H20N2O3S2. The third-order valence-electron chi connectivity index (χ3n) is 4.14. The monoisotopic (exact) mass is 376 g/mol. The maximum Gasteiger partial charge on any atom is 0.250 e. The molecule has 0 bridgehead atoms. The number of carbonyl (C=O) groups excluding carboxylic acids is 1. The van der Waals surface area contributed by atoms with Gasteiger partial charge in [0.15, 0.2) is 9.84 Å². The fraction of sp³-hybridized carbons (Fsp3) is 0.333. The van der Waals surface area contributed by atoms with Gasteiger partial charge < -0.3 is 4.90 Å². The van der Waals surface area contributed by atoms with E-state index in [1.165, 1.54) is 30.1 Å².